The predicted octanol–water partition coefficient (Wildman–Crippen LogP) is 5.33. The molecule has 30 heavy (non-hydrogen) atoms. The van der Waals surface area contributed by atoms with E-state index < -0.39 is 0 Å². The SMILES string of the molecule is Cc1ccc(C)c(Cn2c(COCc3ccccc3[N+](=O)[O-])nc3ccccc32)c1. The van der Waals surface area contributed by atoms with E-state index in [1.165, 1.54) is 22.8 Å². The molecule has 0 amide bonds. The first-order chi connectivity index (χ1) is 14.5. The normalized spacial score (nSPS) is 11.1. The van der Waals surface area contributed by atoms with Gasteiger partial charge in [0.25, 0.3) is 5.69 Å². The molecule has 6 heteroatoms. The summed E-state index contributed by atoms with van der Waals surface area (Å²) in [5, 5.41) is 11.2. The van der Waals surface area contributed by atoms with Crippen molar-refractivity contribution >= 4 is 16.7 Å². The molecule has 3 aromatic carbocycles. The molecule has 4 rings (SSSR count). The maximum Gasteiger partial charge on any atom is 0.274 e. The fourth-order valence-corrected chi connectivity index (χ4v) is 3.62. The Bertz CT molecular complexity index is 1210. The Balaban J connectivity index is 1.61. The number of fused-ring (bicyclic) bond motifs is 1. The van der Waals surface area contributed by atoms with Crippen molar-refractivity contribution in [1.29, 1.82) is 0 Å². The van der Waals surface area contributed by atoms with Gasteiger partial charge in [0.15, 0.2) is 0 Å². The summed E-state index contributed by atoms with van der Waals surface area (Å²) in [5.41, 5.74) is 6.26. The van der Waals surface area contributed by atoms with Gasteiger partial charge in [-0.25, -0.2) is 4.98 Å². The monoisotopic (exact) mass is 401 g/mol. The van der Waals surface area contributed by atoms with Crippen LogP contribution in [-0.2, 0) is 24.5 Å². The first kappa shape index (κ1) is 19.8. The highest BCUT2D eigenvalue weighted by Gasteiger charge is 2.15. The zero-order valence-corrected chi connectivity index (χ0v) is 17.0. The molecule has 0 fully saturated rings. The van der Waals surface area contributed by atoms with Crippen LogP contribution in [0.25, 0.3) is 11.0 Å². The van der Waals surface area contributed by atoms with Gasteiger partial charge in [-0.3, -0.25) is 10.1 Å². The first-order valence-corrected chi connectivity index (χ1v) is 9.83. The van der Waals surface area contributed by atoms with E-state index in [0.29, 0.717) is 12.1 Å². The van der Waals surface area contributed by atoms with E-state index in [-0.39, 0.29) is 23.8 Å². The van der Waals surface area contributed by atoms with Crippen LogP contribution in [0.4, 0.5) is 5.69 Å². The molecule has 4 aromatic rings. The standard InChI is InChI=1S/C24H23N3O3/c1-17-11-12-18(2)20(13-17)14-26-23-10-6-4-8-21(23)25-24(26)16-30-15-19-7-3-5-9-22(19)27(28)29/h3-13H,14-16H2,1-2H3. The van der Waals surface area contributed by atoms with Gasteiger partial charge < -0.3 is 9.30 Å². The van der Waals surface area contributed by atoms with E-state index >= 15 is 0 Å². The van der Waals surface area contributed by atoms with Crippen LogP contribution in [0.15, 0.2) is 66.7 Å². The number of nitro groups is 1. The molecule has 0 saturated heterocycles. The van der Waals surface area contributed by atoms with Crippen LogP contribution < -0.4 is 0 Å². The predicted molar refractivity (Wildman–Crippen MR) is 116 cm³/mol. The zero-order chi connectivity index (χ0) is 21.1. The van der Waals surface area contributed by atoms with E-state index in [9.17, 15) is 10.1 Å². The number of aromatic nitrogens is 2. The number of nitro benzene ring substituents is 1. The Labute approximate surface area is 174 Å². The lowest BCUT2D eigenvalue weighted by molar-refractivity contribution is -0.386. The third-order valence-electron chi connectivity index (χ3n) is 5.24. The molecule has 0 aliphatic heterocycles. The fraction of sp³-hybridized carbons (Fsp3) is 0.208. The average Bonchev–Trinajstić information content (AvgIpc) is 3.08. The lowest BCUT2D eigenvalue weighted by atomic mass is 10.1. The third kappa shape index (κ3) is 4.09. The molecular formula is C24H23N3O3. The minimum absolute atomic E-state index is 0.0707. The highest BCUT2D eigenvalue weighted by molar-refractivity contribution is 5.76. The van der Waals surface area contributed by atoms with Crippen LogP contribution in [0.2, 0.25) is 0 Å². The second-order valence-electron chi connectivity index (χ2n) is 7.41. The van der Waals surface area contributed by atoms with Crippen LogP contribution in [0.3, 0.4) is 0 Å². The largest absolute Gasteiger partial charge is 0.369 e. The molecule has 0 radical (unpaired) electrons. The highest BCUT2D eigenvalue weighted by Crippen LogP contribution is 2.22. The van der Waals surface area contributed by atoms with Crippen molar-refractivity contribution in [1.82, 2.24) is 9.55 Å². The van der Waals surface area contributed by atoms with Crippen molar-refractivity contribution in [2.24, 2.45) is 0 Å². The Morgan fingerprint density at radius 1 is 0.967 bits per heavy atom. The molecule has 0 aliphatic carbocycles. The van der Waals surface area contributed by atoms with Gasteiger partial charge in [-0.1, -0.05) is 48.0 Å². The molecular weight excluding hydrogens is 378 g/mol. The van der Waals surface area contributed by atoms with Gasteiger partial charge in [-0.15, -0.1) is 0 Å². The summed E-state index contributed by atoms with van der Waals surface area (Å²) < 4.78 is 8.03. The van der Waals surface area contributed by atoms with Gasteiger partial charge in [0, 0.05) is 12.6 Å². The lowest BCUT2D eigenvalue weighted by Gasteiger charge is -2.13. The Hall–Kier alpha value is -3.51. The van der Waals surface area contributed by atoms with Crippen LogP contribution in [0.5, 0.6) is 0 Å². The number of aryl methyl sites for hydroxylation is 2. The van der Waals surface area contributed by atoms with Gasteiger partial charge in [0.05, 0.1) is 28.1 Å². The number of nitrogens with zero attached hydrogens (tertiary/aromatic N) is 3. The van der Waals surface area contributed by atoms with Crippen LogP contribution >= 0.6 is 0 Å². The lowest BCUT2D eigenvalue weighted by Crippen LogP contribution is -2.08. The number of benzene rings is 3. The van der Waals surface area contributed by atoms with Crippen LogP contribution in [0, 0.1) is 24.0 Å². The average molecular weight is 401 g/mol. The van der Waals surface area contributed by atoms with Gasteiger partial charge in [0.1, 0.15) is 12.4 Å². The number of imidazole rings is 1. The smallest absolute Gasteiger partial charge is 0.274 e. The molecule has 6 nitrogen and oxygen atoms in total. The van der Waals surface area contributed by atoms with E-state index in [4.69, 9.17) is 9.72 Å². The molecule has 0 N–H and O–H groups in total. The number of rotatable bonds is 7. The summed E-state index contributed by atoms with van der Waals surface area (Å²) in [4.78, 5) is 15.6. The molecule has 0 aliphatic rings. The minimum atomic E-state index is -0.381. The number of ether oxygens (including phenoxy) is 1. The topological polar surface area (TPSA) is 70.2 Å². The summed E-state index contributed by atoms with van der Waals surface area (Å²) in [7, 11) is 0. The Morgan fingerprint density at radius 3 is 2.57 bits per heavy atom. The van der Waals surface area contributed by atoms with E-state index in [1.54, 1.807) is 18.2 Å². The van der Waals surface area contributed by atoms with Crippen molar-refractivity contribution in [2.45, 2.75) is 33.6 Å². The second kappa shape index (κ2) is 8.47. The van der Waals surface area contributed by atoms with Crippen molar-refractivity contribution in [3.8, 4) is 0 Å². The molecule has 1 heterocycles. The van der Waals surface area contributed by atoms with Crippen LogP contribution in [0.1, 0.15) is 28.1 Å². The Kier molecular flexibility index (Phi) is 5.59. The molecule has 0 spiro atoms. The minimum Gasteiger partial charge on any atom is -0.369 e. The molecule has 0 atom stereocenters. The first-order valence-electron chi connectivity index (χ1n) is 9.83. The summed E-state index contributed by atoms with van der Waals surface area (Å²) in [6, 6.07) is 21.1. The molecule has 0 unspecified atom stereocenters. The number of hydrogen-bond acceptors (Lipinski definition) is 4. The van der Waals surface area contributed by atoms with E-state index in [0.717, 1.165) is 16.9 Å². The number of para-hydroxylation sites is 3. The third-order valence-corrected chi connectivity index (χ3v) is 5.24. The fourth-order valence-electron chi connectivity index (χ4n) is 3.62. The van der Waals surface area contributed by atoms with Gasteiger partial charge >= 0.3 is 0 Å². The van der Waals surface area contributed by atoms with E-state index in [1.807, 2.05) is 18.2 Å². The quantitative estimate of drug-likeness (QED) is 0.310. The highest BCUT2D eigenvalue weighted by atomic mass is 16.6. The summed E-state index contributed by atoms with van der Waals surface area (Å²) in [5.74, 6) is 0.802. The second-order valence-corrected chi connectivity index (χ2v) is 7.41. The van der Waals surface area contributed by atoms with E-state index in [2.05, 4.69) is 42.7 Å². The van der Waals surface area contributed by atoms with Crippen molar-refractivity contribution < 1.29 is 9.66 Å². The zero-order valence-electron chi connectivity index (χ0n) is 17.0. The van der Waals surface area contributed by atoms with Crippen molar-refractivity contribution in [3.63, 3.8) is 0 Å². The van der Waals surface area contributed by atoms with Crippen molar-refractivity contribution in [2.75, 3.05) is 0 Å². The molecule has 1 aromatic heterocycles. The number of hydrogen-bond donors (Lipinski definition) is 0. The maximum absolute atomic E-state index is 11.2. The molecule has 0 bridgehead atoms. The van der Waals surface area contributed by atoms with Crippen molar-refractivity contribution in [3.05, 3.63) is 105 Å². The summed E-state index contributed by atoms with van der Waals surface area (Å²) in [6.07, 6.45) is 0. The summed E-state index contributed by atoms with van der Waals surface area (Å²) in [6.45, 7) is 5.32. The van der Waals surface area contributed by atoms with Gasteiger partial charge in [-0.2, -0.15) is 0 Å². The van der Waals surface area contributed by atoms with Crippen LogP contribution in [-0.4, -0.2) is 14.5 Å². The van der Waals surface area contributed by atoms with Gasteiger partial charge in [-0.05, 0) is 43.2 Å². The molecule has 152 valence electrons. The van der Waals surface area contributed by atoms with Gasteiger partial charge in [0.2, 0.25) is 0 Å². The maximum atomic E-state index is 11.2. The summed E-state index contributed by atoms with van der Waals surface area (Å²) >= 11 is 0. The Morgan fingerprint density at radius 2 is 1.73 bits per heavy atom. The molecule has 0 saturated carbocycles.